The molecule has 0 aromatic carbocycles. The van der Waals surface area contributed by atoms with Gasteiger partial charge in [-0.3, -0.25) is 9.78 Å². The number of nitrogens with zero attached hydrogens (tertiary/aromatic N) is 1. The second-order valence-corrected chi connectivity index (χ2v) is 3.35. The number of pyridine rings is 1. The van der Waals surface area contributed by atoms with Crippen LogP contribution in [-0.4, -0.2) is 35.1 Å². The summed E-state index contributed by atoms with van der Waals surface area (Å²) in [6.07, 6.45) is 3.16. The van der Waals surface area contributed by atoms with Crippen molar-refractivity contribution in [3.63, 3.8) is 0 Å². The third-order valence-corrected chi connectivity index (χ3v) is 2.26. The fourth-order valence-electron chi connectivity index (χ4n) is 1.30. The SMILES string of the molecule is CC[C@@H](NC(=O)c1ccncc1OC)C(=O)O. The van der Waals surface area contributed by atoms with Gasteiger partial charge in [0, 0.05) is 6.20 Å². The minimum atomic E-state index is -1.06. The summed E-state index contributed by atoms with van der Waals surface area (Å²) >= 11 is 0. The molecule has 17 heavy (non-hydrogen) atoms. The summed E-state index contributed by atoms with van der Waals surface area (Å²) < 4.78 is 4.97. The lowest BCUT2D eigenvalue weighted by Gasteiger charge is -2.13. The number of carboxylic acid groups (broad SMARTS) is 1. The topological polar surface area (TPSA) is 88.5 Å². The summed E-state index contributed by atoms with van der Waals surface area (Å²) in [6.45, 7) is 1.68. The van der Waals surface area contributed by atoms with Crippen LogP contribution in [0.4, 0.5) is 0 Å². The van der Waals surface area contributed by atoms with E-state index in [0.29, 0.717) is 12.2 Å². The average Bonchev–Trinajstić information content (AvgIpc) is 2.35. The van der Waals surface area contributed by atoms with Gasteiger partial charge < -0.3 is 15.2 Å². The number of aromatic nitrogens is 1. The van der Waals surface area contributed by atoms with Crippen molar-refractivity contribution >= 4 is 11.9 Å². The van der Waals surface area contributed by atoms with Crippen molar-refractivity contribution in [1.29, 1.82) is 0 Å². The normalized spacial score (nSPS) is 11.6. The van der Waals surface area contributed by atoms with E-state index in [1.807, 2.05) is 0 Å². The number of carbonyl (C=O) groups excluding carboxylic acids is 1. The number of ether oxygens (including phenoxy) is 1. The first-order valence-electron chi connectivity index (χ1n) is 5.11. The lowest BCUT2D eigenvalue weighted by Crippen LogP contribution is -2.40. The second-order valence-electron chi connectivity index (χ2n) is 3.35. The molecule has 0 unspecified atom stereocenters. The van der Waals surface area contributed by atoms with Crippen LogP contribution in [-0.2, 0) is 4.79 Å². The van der Waals surface area contributed by atoms with E-state index in [1.54, 1.807) is 6.92 Å². The van der Waals surface area contributed by atoms with Gasteiger partial charge in [-0.15, -0.1) is 0 Å². The van der Waals surface area contributed by atoms with Gasteiger partial charge >= 0.3 is 5.97 Å². The van der Waals surface area contributed by atoms with Gasteiger partial charge in [0.05, 0.1) is 18.9 Å². The van der Waals surface area contributed by atoms with Crippen LogP contribution in [0.3, 0.4) is 0 Å². The maximum absolute atomic E-state index is 11.8. The van der Waals surface area contributed by atoms with Gasteiger partial charge in [0.25, 0.3) is 5.91 Å². The molecule has 1 amide bonds. The Kier molecular flexibility index (Phi) is 4.45. The summed E-state index contributed by atoms with van der Waals surface area (Å²) in [4.78, 5) is 26.4. The Bertz CT molecular complexity index is 420. The quantitative estimate of drug-likeness (QED) is 0.787. The van der Waals surface area contributed by atoms with E-state index in [4.69, 9.17) is 9.84 Å². The Hall–Kier alpha value is -2.11. The summed E-state index contributed by atoms with van der Waals surface area (Å²) in [5.74, 6) is -1.24. The standard InChI is InChI=1S/C11H14N2O4/c1-3-8(11(15)16)13-10(14)7-4-5-12-6-9(7)17-2/h4-6,8H,3H2,1-2H3,(H,13,14)(H,15,16)/t8-/m1/s1. The molecule has 1 aromatic heterocycles. The van der Waals surface area contributed by atoms with Crippen molar-refractivity contribution in [3.05, 3.63) is 24.0 Å². The molecule has 0 bridgehead atoms. The summed E-state index contributed by atoms with van der Waals surface area (Å²) in [7, 11) is 1.42. The molecule has 0 aliphatic rings. The molecule has 0 aliphatic heterocycles. The van der Waals surface area contributed by atoms with Gasteiger partial charge in [-0.2, -0.15) is 0 Å². The molecule has 0 saturated heterocycles. The molecule has 1 heterocycles. The molecule has 0 saturated carbocycles. The highest BCUT2D eigenvalue weighted by Crippen LogP contribution is 2.15. The summed E-state index contributed by atoms with van der Waals surface area (Å²) in [5, 5.41) is 11.2. The van der Waals surface area contributed by atoms with Crippen molar-refractivity contribution in [2.45, 2.75) is 19.4 Å². The van der Waals surface area contributed by atoms with Gasteiger partial charge in [-0.25, -0.2) is 4.79 Å². The smallest absolute Gasteiger partial charge is 0.326 e. The van der Waals surface area contributed by atoms with Crippen molar-refractivity contribution in [3.8, 4) is 5.75 Å². The lowest BCUT2D eigenvalue weighted by atomic mass is 10.2. The number of methoxy groups -OCH3 is 1. The predicted molar refractivity (Wildman–Crippen MR) is 60.0 cm³/mol. The monoisotopic (exact) mass is 238 g/mol. The number of carbonyl (C=O) groups is 2. The fraction of sp³-hybridized carbons (Fsp3) is 0.364. The van der Waals surface area contributed by atoms with Crippen LogP contribution >= 0.6 is 0 Å². The van der Waals surface area contributed by atoms with E-state index in [1.165, 1.54) is 25.6 Å². The molecular weight excluding hydrogens is 224 g/mol. The molecule has 6 heteroatoms. The van der Waals surface area contributed by atoms with Gasteiger partial charge in [0.1, 0.15) is 11.8 Å². The van der Waals surface area contributed by atoms with E-state index >= 15 is 0 Å². The Morgan fingerprint density at radius 2 is 2.29 bits per heavy atom. The third kappa shape index (κ3) is 3.17. The van der Waals surface area contributed by atoms with Crippen LogP contribution in [0.1, 0.15) is 23.7 Å². The zero-order chi connectivity index (χ0) is 12.8. The molecule has 1 atom stereocenters. The number of aliphatic carboxylic acids is 1. The van der Waals surface area contributed by atoms with E-state index in [-0.39, 0.29) is 5.56 Å². The molecule has 0 radical (unpaired) electrons. The van der Waals surface area contributed by atoms with Crippen LogP contribution in [0.15, 0.2) is 18.5 Å². The van der Waals surface area contributed by atoms with Gasteiger partial charge in [-0.05, 0) is 12.5 Å². The highest BCUT2D eigenvalue weighted by atomic mass is 16.5. The van der Waals surface area contributed by atoms with Crippen molar-refractivity contribution in [1.82, 2.24) is 10.3 Å². The minimum Gasteiger partial charge on any atom is -0.494 e. The van der Waals surface area contributed by atoms with Crippen LogP contribution < -0.4 is 10.1 Å². The Balaban J connectivity index is 2.86. The molecule has 2 N–H and O–H groups in total. The van der Waals surface area contributed by atoms with Crippen molar-refractivity contribution in [2.75, 3.05) is 7.11 Å². The molecule has 92 valence electrons. The van der Waals surface area contributed by atoms with Crippen molar-refractivity contribution in [2.24, 2.45) is 0 Å². The predicted octanol–water partition coefficient (Wildman–Crippen LogP) is 0.683. The second kappa shape index (κ2) is 5.83. The minimum absolute atomic E-state index is 0.266. The van der Waals surface area contributed by atoms with Gasteiger partial charge in [0.2, 0.25) is 0 Å². The highest BCUT2D eigenvalue weighted by Gasteiger charge is 2.20. The summed E-state index contributed by atoms with van der Waals surface area (Å²) in [5.41, 5.74) is 0.266. The molecular formula is C11H14N2O4. The van der Waals surface area contributed by atoms with E-state index < -0.39 is 17.9 Å². The Morgan fingerprint density at radius 3 is 2.82 bits per heavy atom. The fourth-order valence-corrected chi connectivity index (χ4v) is 1.30. The van der Waals surface area contributed by atoms with E-state index in [9.17, 15) is 9.59 Å². The van der Waals surface area contributed by atoms with Crippen LogP contribution in [0.2, 0.25) is 0 Å². The van der Waals surface area contributed by atoms with E-state index in [2.05, 4.69) is 10.3 Å². The molecule has 6 nitrogen and oxygen atoms in total. The number of hydrogen-bond acceptors (Lipinski definition) is 4. The van der Waals surface area contributed by atoms with Gasteiger partial charge in [-0.1, -0.05) is 6.92 Å². The van der Waals surface area contributed by atoms with Crippen LogP contribution in [0, 0.1) is 0 Å². The zero-order valence-corrected chi connectivity index (χ0v) is 9.64. The largest absolute Gasteiger partial charge is 0.494 e. The Morgan fingerprint density at radius 1 is 1.59 bits per heavy atom. The lowest BCUT2D eigenvalue weighted by molar-refractivity contribution is -0.139. The first-order valence-corrected chi connectivity index (χ1v) is 5.11. The summed E-state index contributed by atoms with van der Waals surface area (Å²) in [6, 6.07) is 0.573. The Labute approximate surface area is 98.6 Å². The molecule has 1 aromatic rings. The first kappa shape index (κ1) is 13.0. The third-order valence-electron chi connectivity index (χ3n) is 2.26. The number of rotatable bonds is 5. The van der Waals surface area contributed by atoms with Crippen LogP contribution in [0.5, 0.6) is 5.75 Å². The highest BCUT2D eigenvalue weighted by molar-refractivity contribution is 5.98. The first-order chi connectivity index (χ1) is 8.10. The number of amides is 1. The van der Waals surface area contributed by atoms with Crippen molar-refractivity contribution < 1.29 is 19.4 Å². The molecule has 0 fully saturated rings. The van der Waals surface area contributed by atoms with Gasteiger partial charge in [0.15, 0.2) is 0 Å². The molecule has 0 aliphatic carbocycles. The maximum Gasteiger partial charge on any atom is 0.326 e. The zero-order valence-electron chi connectivity index (χ0n) is 9.64. The van der Waals surface area contributed by atoms with Crippen LogP contribution in [0.25, 0.3) is 0 Å². The number of nitrogens with one attached hydrogen (secondary N) is 1. The number of hydrogen-bond donors (Lipinski definition) is 2. The maximum atomic E-state index is 11.8. The molecule has 1 rings (SSSR count). The average molecular weight is 238 g/mol. The molecule has 0 spiro atoms. The van der Waals surface area contributed by atoms with E-state index in [0.717, 1.165) is 0 Å². The number of carboxylic acids is 1.